The van der Waals surface area contributed by atoms with E-state index in [2.05, 4.69) is 24.3 Å². The standard InChI is InChI=1S/C17H26N2O3S/c1-19(2)17(7-10-21-11-8-17)12-18-16(20)15-6-5-14(23-15)13-4-3-9-22-13/h5-6,13H,3-4,7-12H2,1-2H3,(H,18,20). The van der Waals surface area contributed by atoms with Crippen LogP contribution in [0.15, 0.2) is 12.1 Å². The van der Waals surface area contributed by atoms with E-state index in [0.29, 0.717) is 6.54 Å². The highest BCUT2D eigenvalue weighted by Gasteiger charge is 2.35. The summed E-state index contributed by atoms with van der Waals surface area (Å²) in [5.74, 6) is 0.0203. The molecular formula is C17H26N2O3S. The van der Waals surface area contributed by atoms with Crippen molar-refractivity contribution in [2.45, 2.75) is 37.3 Å². The lowest BCUT2D eigenvalue weighted by molar-refractivity contribution is -0.00656. The third-order valence-electron chi connectivity index (χ3n) is 5.05. The molecule has 0 aromatic carbocycles. The largest absolute Gasteiger partial charge is 0.381 e. The van der Waals surface area contributed by atoms with Gasteiger partial charge < -0.3 is 19.7 Å². The van der Waals surface area contributed by atoms with Gasteiger partial charge in [0.05, 0.1) is 11.0 Å². The molecule has 128 valence electrons. The summed E-state index contributed by atoms with van der Waals surface area (Å²) in [4.78, 5) is 16.7. The van der Waals surface area contributed by atoms with Crippen molar-refractivity contribution in [1.82, 2.24) is 10.2 Å². The Hall–Kier alpha value is -0.950. The van der Waals surface area contributed by atoms with E-state index in [1.165, 1.54) is 4.88 Å². The number of nitrogens with one attached hydrogen (secondary N) is 1. The Labute approximate surface area is 142 Å². The number of nitrogens with zero attached hydrogens (tertiary/aromatic N) is 1. The molecule has 0 radical (unpaired) electrons. The maximum atomic E-state index is 12.5. The first-order valence-electron chi connectivity index (χ1n) is 8.35. The molecule has 1 N–H and O–H groups in total. The summed E-state index contributed by atoms with van der Waals surface area (Å²) in [6.45, 7) is 3.01. The molecule has 0 spiro atoms. The molecule has 23 heavy (non-hydrogen) atoms. The second kappa shape index (κ2) is 7.30. The average Bonchev–Trinajstić information content (AvgIpc) is 3.24. The summed E-state index contributed by atoms with van der Waals surface area (Å²) < 4.78 is 11.2. The average molecular weight is 338 g/mol. The van der Waals surface area contributed by atoms with Gasteiger partial charge in [-0.25, -0.2) is 0 Å². The van der Waals surface area contributed by atoms with E-state index in [1.807, 2.05) is 12.1 Å². The van der Waals surface area contributed by atoms with Crippen LogP contribution in [-0.4, -0.2) is 56.8 Å². The summed E-state index contributed by atoms with van der Waals surface area (Å²) in [6.07, 6.45) is 4.26. The molecule has 3 rings (SSSR count). The van der Waals surface area contributed by atoms with Gasteiger partial charge in [0, 0.05) is 36.8 Å². The lowest BCUT2D eigenvalue weighted by Gasteiger charge is -2.42. The molecule has 1 unspecified atom stereocenters. The van der Waals surface area contributed by atoms with Crippen molar-refractivity contribution in [3.05, 3.63) is 21.9 Å². The van der Waals surface area contributed by atoms with Crippen molar-refractivity contribution in [3.8, 4) is 0 Å². The smallest absolute Gasteiger partial charge is 0.261 e. The van der Waals surface area contributed by atoms with E-state index in [9.17, 15) is 4.79 Å². The molecule has 2 aliphatic heterocycles. The zero-order valence-corrected chi connectivity index (χ0v) is 14.8. The van der Waals surface area contributed by atoms with Crippen molar-refractivity contribution >= 4 is 17.2 Å². The molecule has 2 fully saturated rings. The van der Waals surface area contributed by atoms with Gasteiger partial charge >= 0.3 is 0 Å². The van der Waals surface area contributed by atoms with Crippen LogP contribution in [0.5, 0.6) is 0 Å². The van der Waals surface area contributed by atoms with E-state index in [4.69, 9.17) is 9.47 Å². The number of amides is 1. The van der Waals surface area contributed by atoms with Gasteiger partial charge in [-0.1, -0.05) is 0 Å². The van der Waals surface area contributed by atoms with Crippen LogP contribution in [0.3, 0.4) is 0 Å². The Bertz CT molecular complexity index is 532. The first-order chi connectivity index (χ1) is 11.1. The number of thiophene rings is 1. The molecule has 1 amide bonds. The Morgan fingerprint density at radius 1 is 1.35 bits per heavy atom. The molecule has 5 nitrogen and oxygen atoms in total. The maximum Gasteiger partial charge on any atom is 0.261 e. The molecule has 0 bridgehead atoms. The molecule has 1 aromatic heterocycles. The lowest BCUT2D eigenvalue weighted by Crippen LogP contribution is -2.55. The zero-order valence-electron chi connectivity index (χ0n) is 14.0. The molecule has 2 aliphatic rings. The minimum atomic E-state index is 0.00254. The Balaban J connectivity index is 1.60. The number of hydrogen-bond acceptors (Lipinski definition) is 5. The summed E-state index contributed by atoms with van der Waals surface area (Å²) in [7, 11) is 4.16. The molecule has 1 aromatic rings. The Kier molecular flexibility index (Phi) is 5.36. The van der Waals surface area contributed by atoms with Crippen LogP contribution >= 0.6 is 11.3 Å². The van der Waals surface area contributed by atoms with E-state index >= 15 is 0 Å². The van der Waals surface area contributed by atoms with Crippen molar-refractivity contribution < 1.29 is 14.3 Å². The Morgan fingerprint density at radius 3 is 2.78 bits per heavy atom. The van der Waals surface area contributed by atoms with Crippen molar-refractivity contribution in [2.24, 2.45) is 0 Å². The molecule has 2 saturated heterocycles. The SMILES string of the molecule is CN(C)C1(CNC(=O)c2ccc(C3CCCO3)s2)CCOCC1. The fourth-order valence-electron chi connectivity index (χ4n) is 3.32. The van der Waals surface area contributed by atoms with Crippen LogP contribution in [0.1, 0.15) is 46.3 Å². The molecule has 3 heterocycles. The van der Waals surface area contributed by atoms with E-state index in [1.54, 1.807) is 11.3 Å². The predicted octanol–water partition coefficient (Wildman–Crippen LogP) is 2.44. The number of ether oxygens (including phenoxy) is 2. The minimum Gasteiger partial charge on any atom is -0.381 e. The number of carbonyl (C=O) groups is 1. The lowest BCUT2D eigenvalue weighted by atomic mass is 9.88. The van der Waals surface area contributed by atoms with E-state index < -0.39 is 0 Å². The van der Waals surface area contributed by atoms with Crippen LogP contribution in [0.25, 0.3) is 0 Å². The fraction of sp³-hybridized carbons (Fsp3) is 0.706. The van der Waals surface area contributed by atoms with Gasteiger partial charge in [-0.15, -0.1) is 11.3 Å². The minimum absolute atomic E-state index is 0.00254. The first-order valence-corrected chi connectivity index (χ1v) is 9.17. The normalized spacial score (nSPS) is 24.0. The summed E-state index contributed by atoms with van der Waals surface area (Å²) >= 11 is 1.56. The van der Waals surface area contributed by atoms with Crippen LogP contribution in [0, 0.1) is 0 Å². The van der Waals surface area contributed by atoms with Crippen LogP contribution < -0.4 is 5.32 Å². The van der Waals surface area contributed by atoms with Crippen LogP contribution in [0.4, 0.5) is 0 Å². The van der Waals surface area contributed by atoms with Gasteiger partial charge in [0.2, 0.25) is 0 Å². The van der Waals surface area contributed by atoms with Crippen LogP contribution in [-0.2, 0) is 9.47 Å². The van der Waals surface area contributed by atoms with Crippen molar-refractivity contribution in [2.75, 3.05) is 40.5 Å². The number of likely N-dealkylation sites (N-methyl/N-ethyl adjacent to an activating group) is 1. The molecule has 0 aliphatic carbocycles. The third-order valence-corrected chi connectivity index (χ3v) is 6.22. The maximum absolute atomic E-state index is 12.5. The molecular weight excluding hydrogens is 312 g/mol. The summed E-state index contributed by atoms with van der Waals surface area (Å²) in [6, 6.07) is 3.95. The van der Waals surface area contributed by atoms with Crippen LogP contribution in [0.2, 0.25) is 0 Å². The quantitative estimate of drug-likeness (QED) is 0.896. The summed E-state index contributed by atoms with van der Waals surface area (Å²) in [5.41, 5.74) is 0.00254. The topological polar surface area (TPSA) is 50.8 Å². The van der Waals surface area contributed by atoms with E-state index in [0.717, 1.165) is 50.4 Å². The first kappa shape index (κ1) is 16.9. The number of rotatable bonds is 5. The number of carbonyl (C=O) groups excluding carboxylic acids is 1. The highest BCUT2D eigenvalue weighted by molar-refractivity contribution is 7.14. The van der Waals surface area contributed by atoms with Gasteiger partial charge in [-0.05, 0) is 51.9 Å². The third kappa shape index (κ3) is 3.76. The molecule has 6 heteroatoms. The highest BCUT2D eigenvalue weighted by Crippen LogP contribution is 2.33. The zero-order chi connectivity index (χ0) is 16.3. The van der Waals surface area contributed by atoms with Gasteiger partial charge in [-0.3, -0.25) is 4.79 Å². The van der Waals surface area contributed by atoms with E-state index in [-0.39, 0.29) is 17.6 Å². The monoisotopic (exact) mass is 338 g/mol. The predicted molar refractivity (Wildman–Crippen MR) is 91.1 cm³/mol. The van der Waals surface area contributed by atoms with Crippen molar-refractivity contribution in [1.29, 1.82) is 0 Å². The number of hydrogen-bond donors (Lipinski definition) is 1. The fourth-order valence-corrected chi connectivity index (χ4v) is 4.32. The second-order valence-electron chi connectivity index (χ2n) is 6.62. The molecule has 1 atom stereocenters. The highest BCUT2D eigenvalue weighted by atomic mass is 32.1. The van der Waals surface area contributed by atoms with Gasteiger partial charge in [-0.2, -0.15) is 0 Å². The van der Waals surface area contributed by atoms with Crippen molar-refractivity contribution in [3.63, 3.8) is 0 Å². The van der Waals surface area contributed by atoms with Gasteiger partial charge in [0.25, 0.3) is 5.91 Å². The van der Waals surface area contributed by atoms with Gasteiger partial charge in [0.1, 0.15) is 0 Å². The summed E-state index contributed by atoms with van der Waals surface area (Å²) in [5, 5.41) is 3.13. The Morgan fingerprint density at radius 2 is 2.13 bits per heavy atom. The second-order valence-corrected chi connectivity index (χ2v) is 7.73. The molecule has 0 saturated carbocycles. The van der Waals surface area contributed by atoms with Gasteiger partial charge in [0.15, 0.2) is 0 Å².